The van der Waals surface area contributed by atoms with Crippen LogP contribution in [-0.4, -0.2) is 79.3 Å². The number of amides is 2. The number of rotatable bonds is 10. The minimum atomic E-state index is -0.271. The molecule has 288 valence electrons. The van der Waals surface area contributed by atoms with Crippen LogP contribution < -0.4 is 20.1 Å². The molecule has 0 radical (unpaired) electrons. The summed E-state index contributed by atoms with van der Waals surface area (Å²) in [4.78, 5) is 28.9. The van der Waals surface area contributed by atoms with Crippen LogP contribution in [0.1, 0.15) is 33.8 Å². The van der Waals surface area contributed by atoms with Crippen LogP contribution in [0, 0.1) is 34.7 Å². The topological polar surface area (TPSA) is 188 Å². The number of nitrogens with zero attached hydrogens (tertiary/aromatic N) is 6. The van der Waals surface area contributed by atoms with Crippen molar-refractivity contribution in [3.63, 3.8) is 0 Å². The second-order valence-electron chi connectivity index (χ2n) is 15.1. The fourth-order valence-corrected chi connectivity index (χ4v) is 8.01. The Morgan fingerprint density at radius 2 is 1.02 bits per heavy atom. The summed E-state index contributed by atoms with van der Waals surface area (Å²) in [5, 5.41) is 38.6. The molecule has 0 unspecified atom stereocenters. The number of benzene rings is 4. The zero-order chi connectivity index (χ0) is 39.7. The standard InChI is InChI=1S/2C22H19N5O2/c2*23-14-27-12-15-11-22(15,13-27)24-21(28)19-10-18(25-26-19)17-8-4-5-9-20(17)29-16-6-2-1-3-7-16/h2*1-10,15H,11-13H2,(H,24,28)(H,25,26)/t2*15-,22-/m10/s1. The van der Waals surface area contributed by atoms with Gasteiger partial charge in [-0.15, -0.1) is 0 Å². The number of hydrogen-bond acceptors (Lipinski definition) is 10. The van der Waals surface area contributed by atoms with E-state index in [1.54, 1.807) is 21.9 Å². The molecule has 4 N–H and O–H groups in total. The number of aromatic amines is 2. The number of aromatic nitrogens is 4. The lowest BCUT2D eigenvalue weighted by molar-refractivity contribution is 0.0916. The third-order valence-electron chi connectivity index (χ3n) is 11.2. The van der Waals surface area contributed by atoms with Crippen LogP contribution in [0.4, 0.5) is 0 Å². The summed E-state index contributed by atoms with van der Waals surface area (Å²) in [5.74, 6) is 3.10. The number of ether oxygens (including phenoxy) is 2. The van der Waals surface area contributed by atoms with Gasteiger partial charge in [-0.1, -0.05) is 60.7 Å². The van der Waals surface area contributed by atoms with Crippen LogP contribution in [0.2, 0.25) is 0 Å². The maximum atomic E-state index is 12.7. The lowest BCUT2D eigenvalue weighted by Gasteiger charge is -2.16. The van der Waals surface area contributed by atoms with E-state index >= 15 is 0 Å². The van der Waals surface area contributed by atoms with Crippen molar-refractivity contribution >= 4 is 11.8 Å². The molecule has 4 aliphatic rings. The molecule has 2 amide bonds. The first kappa shape index (κ1) is 36.1. The lowest BCUT2D eigenvalue weighted by Crippen LogP contribution is -2.41. The predicted octanol–water partition coefficient (Wildman–Crippen LogP) is 6.31. The minimum absolute atomic E-state index is 0.201. The Hall–Kier alpha value is -7.58. The molecular weight excluding hydrogens is 733 g/mol. The molecule has 4 heterocycles. The molecule has 2 aliphatic heterocycles. The molecule has 0 spiro atoms. The monoisotopic (exact) mass is 770 g/mol. The SMILES string of the molecule is N#CN1C[C@@H]2C[C@]2(NC(=O)c2cc(-c3ccccc3Oc3ccccc3)n[nH]2)C1.N#CN1C[C@H]2C[C@@]2(NC(=O)c2cc(-c3ccccc3Oc3ccccc3)n[nH]2)C1. The molecule has 0 bridgehead atoms. The van der Waals surface area contributed by atoms with Crippen molar-refractivity contribution in [2.75, 3.05) is 26.2 Å². The number of hydrogen-bond donors (Lipinski definition) is 4. The van der Waals surface area contributed by atoms with Crippen LogP contribution >= 0.6 is 0 Å². The molecule has 2 aromatic heterocycles. The van der Waals surface area contributed by atoms with Gasteiger partial charge in [-0.25, -0.2) is 0 Å². The van der Waals surface area contributed by atoms with Gasteiger partial charge in [0.15, 0.2) is 12.4 Å². The Balaban J connectivity index is 0.000000150. The van der Waals surface area contributed by atoms with Gasteiger partial charge in [0, 0.05) is 36.1 Å². The quantitative estimate of drug-likeness (QED) is 0.115. The van der Waals surface area contributed by atoms with E-state index < -0.39 is 0 Å². The van der Waals surface area contributed by atoms with Crippen LogP contribution in [0.25, 0.3) is 22.5 Å². The molecule has 14 nitrogen and oxygen atoms in total. The van der Waals surface area contributed by atoms with E-state index in [9.17, 15) is 9.59 Å². The summed E-state index contributed by atoms with van der Waals surface area (Å²) in [7, 11) is 0. The van der Waals surface area contributed by atoms with Gasteiger partial charge in [-0.3, -0.25) is 19.8 Å². The number of fused-ring (bicyclic) bond motifs is 2. The van der Waals surface area contributed by atoms with E-state index in [-0.39, 0.29) is 22.9 Å². The van der Waals surface area contributed by atoms with Crippen molar-refractivity contribution in [2.45, 2.75) is 23.9 Å². The number of nitriles is 2. The summed E-state index contributed by atoms with van der Waals surface area (Å²) >= 11 is 0. The van der Waals surface area contributed by atoms with Gasteiger partial charge in [0.2, 0.25) is 0 Å². The van der Waals surface area contributed by atoms with Crippen molar-refractivity contribution in [1.29, 1.82) is 10.5 Å². The molecule has 2 aliphatic carbocycles. The van der Waals surface area contributed by atoms with Gasteiger partial charge in [0.05, 0.1) is 35.6 Å². The van der Waals surface area contributed by atoms with E-state index in [1.165, 1.54) is 0 Å². The Morgan fingerprint density at radius 3 is 1.41 bits per heavy atom. The number of piperidine rings is 2. The first-order valence-electron chi connectivity index (χ1n) is 19.0. The first-order chi connectivity index (χ1) is 28.3. The molecule has 2 saturated carbocycles. The molecule has 14 heteroatoms. The smallest absolute Gasteiger partial charge is 0.269 e. The average Bonchev–Trinajstić information content (AvgIpc) is 3.69. The Morgan fingerprint density at radius 1 is 0.621 bits per heavy atom. The molecular formula is C44H38N10O4. The number of carbonyl (C=O) groups is 2. The van der Waals surface area contributed by atoms with Gasteiger partial charge in [-0.05, 0) is 73.5 Å². The Kier molecular flexibility index (Phi) is 9.22. The summed E-state index contributed by atoms with van der Waals surface area (Å²) in [6.07, 6.45) is 6.17. The first-order valence-corrected chi connectivity index (χ1v) is 19.0. The number of carbonyl (C=O) groups excluding carboxylic acids is 2. The van der Waals surface area contributed by atoms with Crippen molar-refractivity contribution in [3.8, 4) is 57.9 Å². The second-order valence-corrected chi connectivity index (χ2v) is 15.1. The zero-order valence-electron chi connectivity index (χ0n) is 31.3. The van der Waals surface area contributed by atoms with Gasteiger partial charge in [0.1, 0.15) is 34.4 Å². The molecule has 6 aromatic rings. The zero-order valence-corrected chi connectivity index (χ0v) is 31.3. The molecule has 4 atom stereocenters. The largest absolute Gasteiger partial charge is 0.457 e. The van der Waals surface area contributed by atoms with E-state index in [0.29, 0.717) is 59.2 Å². The Bertz CT molecular complexity index is 2380. The fourth-order valence-electron chi connectivity index (χ4n) is 8.01. The highest BCUT2D eigenvalue weighted by Crippen LogP contribution is 2.50. The van der Waals surface area contributed by atoms with Gasteiger partial charge in [-0.2, -0.15) is 20.7 Å². The van der Waals surface area contributed by atoms with Crippen LogP contribution in [0.5, 0.6) is 23.0 Å². The highest BCUT2D eigenvalue weighted by Gasteiger charge is 2.62. The number of nitrogens with one attached hydrogen (secondary N) is 4. The van der Waals surface area contributed by atoms with E-state index in [0.717, 1.165) is 48.6 Å². The number of H-pyrrole nitrogens is 2. The molecule has 4 fully saturated rings. The average molecular weight is 771 g/mol. The molecule has 2 saturated heterocycles. The Labute approximate surface area is 334 Å². The maximum absolute atomic E-state index is 12.7. The number of likely N-dealkylation sites (tertiary alicyclic amines) is 2. The van der Waals surface area contributed by atoms with Crippen molar-refractivity contribution in [3.05, 3.63) is 133 Å². The minimum Gasteiger partial charge on any atom is -0.457 e. The fraction of sp³-hybridized carbons (Fsp3) is 0.227. The van der Waals surface area contributed by atoms with Gasteiger partial charge < -0.3 is 29.9 Å². The number of para-hydroxylation sites is 4. The van der Waals surface area contributed by atoms with Gasteiger partial charge in [0.25, 0.3) is 11.8 Å². The van der Waals surface area contributed by atoms with Crippen LogP contribution in [0.15, 0.2) is 121 Å². The second kappa shape index (κ2) is 14.8. The van der Waals surface area contributed by atoms with Gasteiger partial charge >= 0.3 is 0 Å². The normalized spacial score (nSPS) is 21.9. The van der Waals surface area contributed by atoms with Crippen molar-refractivity contribution in [1.82, 2.24) is 40.8 Å². The molecule has 10 rings (SSSR count). The van der Waals surface area contributed by atoms with Crippen molar-refractivity contribution in [2.24, 2.45) is 11.8 Å². The predicted molar refractivity (Wildman–Crippen MR) is 212 cm³/mol. The van der Waals surface area contributed by atoms with E-state index in [4.69, 9.17) is 20.0 Å². The van der Waals surface area contributed by atoms with Crippen molar-refractivity contribution < 1.29 is 19.1 Å². The molecule has 4 aromatic carbocycles. The van der Waals surface area contributed by atoms with E-state index in [2.05, 4.69) is 43.4 Å². The third-order valence-corrected chi connectivity index (χ3v) is 11.2. The summed E-state index contributed by atoms with van der Waals surface area (Å²) in [6.45, 7) is 2.59. The van der Waals surface area contributed by atoms with E-state index in [1.807, 2.05) is 109 Å². The molecule has 58 heavy (non-hydrogen) atoms. The maximum Gasteiger partial charge on any atom is 0.269 e. The highest BCUT2D eigenvalue weighted by atomic mass is 16.5. The summed E-state index contributed by atoms with van der Waals surface area (Å²) < 4.78 is 12.0. The summed E-state index contributed by atoms with van der Waals surface area (Å²) in [5.41, 5.74) is 3.11. The van der Waals surface area contributed by atoms with Crippen LogP contribution in [-0.2, 0) is 0 Å². The highest BCUT2D eigenvalue weighted by molar-refractivity contribution is 5.95. The summed E-state index contributed by atoms with van der Waals surface area (Å²) in [6, 6.07) is 37.7. The lowest BCUT2D eigenvalue weighted by atomic mass is 10.1. The third kappa shape index (κ3) is 7.27. The van der Waals surface area contributed by atoms with Crippen LogP contribution in [0.3, 0.4) is 0 Å².